The van der Waals surface area contributed by atoms with Gasteiger partial charge in [0, 0.05) is 37.7 Å². The Morgan fingerprint density at radius 2 is 1.92 bits per heavy atom. The molecule has 0 saturated carbocycles. The van der Waals surface area contributed by atoms with Crippen LogP contribution < -0.4 is 5.32 Å². The second-order valence-electron chi connectivity index (χ2n) is 6.07. The zero-order chi connectivity index (χ0) is 18.5. The summed E-state index contributed by atoms with van der Waals surface area (Å²) < 4.78 is 5.64. The second kappa shape index (κ2) is 8.70. The normalized spacial score (nSPS) is 15.1. The van der Waals surface area contributed by atoms with Crippen molar-refractivity contribution in [1.82, 2.24) is 15.1 Å². The van der Waals surface area contributed by atoms with Gasteiger partial charge < -0.3 is 14.6 Å². The first-order valence-electron chi connectivity index (χ1n) is 8.29. The van der Waals surface area contributed by atoms with E-state index in [-0.39, 0.29) is 18.2 Å². The first-order valence-corrected chi connectivity index (χ1v) is 9.46. The maximum Gasteiger partial charge on any atom is 0.287 e. The molecule has 1 aromatic heterocycles. The van der Waals surface area contributed by atoms with E-state index in [1.54, 1.807) is 17.0 Å². The van der Waals surface area contributed by atoms with Crippen molar-refractivity contribution in [1.29, 1.82) is 0 Å². The largest absolute Gasteiger partial charge is 0.444 e. The van der Waals surface area contributed by atoms with Crippen LogP contribution >= 0.6 is 27.5 Å². The summed E-state index contributed by atoms with van der Waals surface area (Å²) in [6.07, 6.45) is 0. The average molecular weight is 441 g/mol. The molecule has 0 radical (unpaired) electrons. The maximum absolute atomic E-state index is 12.3. The average Bonchev–Trinajstić information content (AvgIpc) is 3.06. The molecule has 2 heterocycles. The van der Waals surface area contributed by atoms with Crippen LogP contribution in [-0.2, 0) is 11.3 Å². The van der Waals surface area contributed by atoms with E-state index in [9.17, 15) is 9.59 Å². The topological polar surface area (TPSA) is 65.8 Å². The number of amides is 2. The Kier molecular flexibility index (Phi) is 6.34. The molecule has 8 heteroatoms. The summed E-state index contributed by atoms with van der Waals surface area (Å²) in [4.78, 5) is 28.3. The molecule has 1 saturated heterocycles. The number of carbonyl (C=O) groups excluding carboxylic acids is 2. The molecule has 138 valence electrons. The Bertz CT molecular complexity index is 787. The van der Waals surface area contributed by atoms with Crippen molar-refractivity contribution >= 4 is 39.3 Å². The first kappa shape index (κ1) is 18.9. The van der Waals surface area contributed by atoms with Crippen LogP contribution in [0.4, 0.5) is 0 Å². The first-order chi connectivity index (χ1) is 12.5. The maximum atomic E-state index is 12.3. The molecule has 1 aliphatic heterocycles. The highest BCUT2D eigenvalue weighted by Crippen LogP contribution is 2.15. The standard InChI is InChI=1S/C18H19BrClN3O3/c19-16-5-4-15(26-16)18(25)21-11-17(24)23-8-6-22(7-9-23)12-13-2-1-3-14(20)10-13/h1-5,10H,6-9,11-12H2,(H,21,25). The van der Waals surface area contributed by atoms with Gasteiger partial charge in [-0.25, -0.2) is 0 Å². The van der Waals surface area contributed by atoms with Crippen LogP contribution in [0.25, 0.3) is 0 Å². The molecule has 0 spiro atoms. The van der Waals surface area contributed by atoms with E-state index in [4.69, 9.17) is 16.0 Å². The lowest BCUT2D eigenvalue weighted by molar-refractivity contribution is -0.131. The molecular formula is C18H19BrClN3O3. The third-order valence-electron chi connectivity index (χ3n) is 4.22. The van der Waals surface area contributed by atoms with Gasteiger partial charge in [0.2, 0.25) is 5.91 Å². The summed E-state index contributed by atoms with van der Waals surface area (Å²) in [6.45, 7) is 3.63. The number of benzene rings is 1. The number of hydrogen-bond acceptors (Lipinski definition) is 4. The van der Waals surface area contributed by atoms with Crippen molar-refractivity contribution < 1.29 is 14.0 Å². The molecule has 3 rings (SSSR count). The van der Waals surface area contributed by atoms with Gasteiger partial charge in [-0.15, -0.1) is 0 Å². The number of piperazine rings is 1. The fourth-order valence-electron chi connectivity index (χ4n) is 2.84. The molecule has 0 bridgehead atoms. The molecule has 0 atom stereocenters. The van der Waals surface area contributed by atoms with Crippen LogP contribution in [-0.4, -0.2) is 54.3 Å². The summed E-state index contributed by atoms with van der Waals surface area (Å²) >= 11 is 9.16. The van der Waals surface area contributed by atoms with Crippen molar-refractivity contribution in [3.8, 4) is 0 Å². The smallest absolute Gasteiger partial charge is 0.287 e. The Labute approximate surface area is 165 Å². The second-order valence-corrected chi connectivity index (χ2v) is 7.29. The molecule has 1 aromatic carbocycles. The number of rotatable bonds is 5. The van der Waals surface area contributed by atoms with Gasteiger partial charge >= 0.3 is 0 Å². The van der Waals surface area contributed by atoms with Gasteiger partial charge in [-0.2, -0.15) is 0 Å². The van der Waals surface area contributed by atoms with Crippen LogP contribution in [0.3, 0.4) is 0 Å². The lowest BCUT2D eigenvalue weighted by Crippen LogP contribution is -2.50. The number of hydrogen-bond donors (Lipinski definition) is 1. The molecule has 0 unspecified atom stereocenters. The minimum absolute atomic E-state index is 0.0363. The lowest BCUT2D eigenvalue weighted by Gasteiger charge is -2.34. The molecule has 1 N–H and O–H groups in total. The van der Waals surface area contributed by atoms with Gasteiger partial charge in [0.25, 0.3) is 5.91 Å². The third kappa shape index (κ3) is 5.09. The highest BCUT2D eigenvalue weighted by molar-refractivity contribution is 9.10. The molecule has 2 amide bonds. The predicted molar refractivity (Wildman–Crippen MR) is 102 cm³/mol. The SMILES string of the molecule is O=C(NCC(=O)N1CCN(Cc2cccc(Cl)c2)CC1)c1ccc(Br)o1. The number of furan rings is 1. The van der Waals surface area contributed by atoms with Crippen molar-refractivity contribution in [3.63, 3.8) is 0 Å². The zero-order valence-corrected chi connectivity index (χ0v) is 16.4. The van der Waals surface area contributed by atoms with Crippen LogP contribution in [0, 0.1) is 0 Å². The summed E-state index contributed by atoms with van der Waals surface area (Å²) in [5, 5.41) is 3.33. The van der Waals surface area contributed by atoms with Crippen LogP contribution in [0.5, 0.6) is 0 Å². The van der Waals surface area contributed by atoms with E-state index in [0.29, 0.717) is 17.8 Å². The van der Waals surface area contributed by atoms with E-state index in [1.807, 2.05) is 24.3 Å². The quantitative estimate of drug-likeness (QED) is 0.776. The predicted octanol–water partition coefficient (Wildman–Crippen LogP) is 2.77. The number of halogens is 2. The Morgan fingerprint density at radius 3 is 2.58 bits per heavy atom. The number of nitrogens with one attached hydrogen (secondary N) is 1. The van der Waals surface area contributed by atoms with E-state index < -0.39 is 5.91 Å². The molecule has 26 heavy (non-hydrogen) atoms. The van der Waals surface area contributed by atoms with Crippen LogP contribution in [0.1, 0.15) is 16.1 Å². The summed E-state index contributed by atoms with van der Waals surface area (Å²) in [7, 11) is 0. The highest BCUT2D eigenvalue weighted by Gasteiger charge is 2.22. The van der Waals surface area contributed by atoms with Crippen LogP contribution in [0.15, 0.2) is 45.5 Å². The van der Waals surface area contributed by atoms with Crippen LogP contribution in [0.2, 0.25) is 5.02 Å². The molecule has 0 aliphatic carbocycles. The minimum atomic E-state index is -0.399. The zero-order valence-electron chi connectivity index (χ0n) is 14.1. The monoisotopic (exact) mass is 439 g/mol. The van der Waals surface area contributed by atoms with Gasteiger partial charge in [0.05, 0.1) is 6.54 Å². The van der Waals surface area contributed by atoms with Crippen molar-refractivity contribution in [2.45, 2.75) is 6.54 Å². The molecule has 1 fully saturated rings. The van der Waals surface area contributed by atoms with E-state index in [2.05, 4.69) is 26.1 Å². The fourth-order valence-corrected chi connectivity index (χ4v) is 3.36. The summed E-state index contributed by atoms with van der Waals surface area (Å²) in [5.74, 6) is -0.314. The molecule has 1 aliphatic rings. The molecular weight excluding hydrogens is 422 g/mol. The summed E-state index contributed by atoms with van der Waals surface area (Å²) in [6, 6.07) is 11.0. The summed E-state index contributed by atoms with van der Waals surface area (Å²) in [5.41, 5.74) is 1.16. The van der Waals surface area contributed by atoms with E-state index >= 15 is 0 Å². The lowest BCUT2D eigenvalue weighted by atomic mass is 10.2. The van der Waals surface area contributed by atoms with Gasteiger partial charge in [-0.3, -0.25) is 14.5 Å². The molecule has 2 aromatic rings. The number of carbonyl (C=O) groups is 2. The van der Waals surface area contributed by atoms with Crippen molar-refractivity contribution in [2.75, 3.05) is 32.7 Å². The van der Waals surface area contributed by atoms with Gasteiger partial charge in [-0.05, 0) is 45.8 Å². The van der Waals surface area contributed by atoms with Gasteiger partial charge in [0.15, 0.2) is 10.4 Å². The minimum Gasteiger partial charge on any atom is -0.444 e. The highest BCUT2D eigenvalue weighted by atomic mass is 79.9. The number of nitrogens with zero attached hydrogens (tertiary/aromatic N) is 2. The Balaban J connectivity index is 1.42. The third-order valence-corrected chi connectivity index (χ3v) is 4.88. The van der Waals surface area contributed by atoms with Crippen molar-refractivity contribution in [2.24, 2.45) is 0 Å². The van der Waals surface area contributed by atoms with E-state index in [0.717, 1.165) is 30.2 Å². The Morgan fingerprint density at radius 1 is 1.15 bits per heavy atom. The van der Waals surface area contributed by atoms with E-state index in [1.165, 1.54) is 0 Å². The van der Waals surface area contributed by atoms with Gasteiger partial charge in [0.1, 0.15) is 0 Å². The molecule has 6 nitrogen and oxygen atoms in total. The van der Waals surface area contributed by atoms with Gasteiger partial charge in [-0.1, -0.05) is 23.7 Å². The Hall–Kier alpha value is -1.83. The fraction of sp³-hybridized carbons (Fsp3) is 0.333. The van der Waals surface area contributed by atoms with Crippen molar-refractivity contribution in [3.05, 3.63) is 57.4 Å².